The van der Waals surface area contributed by atoms with E-state index < -0.39 is 17.6 Å². The fourth-order valence-corrected chi connectivity index (χ4v) is 2.41. The predicted molar refractivity (Wildman–Crippen MR) is 78.6 cm³/mol. The van der Waals surface area contributed by atoms with E-state index in [1.165, 1.54) is 12.3 Å². The number of nitrogens with one attached hydrogen (secondary N) is 1. The highest BCUT2D eigenvalue weighted by Crippen LogP contribution is 2.32. The van der Waals surface area contributed by atoms with Gasteiger partial charge in [-0.05, 0) is 31.0 Å². The molecule has 1 atom stereocenters. The van der Waals surface area contributed by atoms with Crippen LogP contribution in [0.1, 0.15) is 34.1 Å². The number of ether oxygens (including phenoxy) is 1. The molecule has 128 valence electrons. The number of carbonyl (C=O) groups excluding carboxylic acids is 1. The number of anilines is 1. The topological polar surface area (TPSA) is 69.0 Å². The maximum atomic E-state index is 12.8. The number of carbonyl (C=O) groups is 1. The first-order valence-electron chi connectivity index (χ1n) is 7.33. The van der Waals surface area contributed by atoms with Crippen LogP contribution in [0.2, 0.25) is 0 Å². The van der Waals surface area contributed by atoms with Crippen molar-refractivity contribution in [3.8, 4) is 0 Å². The number of hydrogen-bond acceptors (Lipinski definition) is 4. The number of alkyl halides is 3. The van der Waals surface area contributed by atoms with Crippen molar-refractivity contribution in [3.05, 3.63) is 41.2 Å². The van der Waals surface area contributed by atoms with Gasteiger partial charge >= 0.3 is 6.18 Å². The Bertz CT molecular complexity index is 751. The molecule has 1 N–H and O–H groups in total. The van der Waals surface area contributed by atoms with Gasteiger partial charge in [0.25, 0.3) is 5.91 Å². The second-order valence-electron chi connectivity index (χ2n) is 5.58. The van der Waals surface area contributed by atoms with E-state index in [0.717, 1.165) is 18.6 Å². The molecule has 0 saturated carbocycles. The van der Waals surface area contributed by atoms with Crippen molar-refractivity contribution in [3.63, 3.8) is 0 Å². The Morgan fingerprint density at radius 3 is 2.88 bits per heavy atom. The van der Waals surface area contributed by atoms with Gasteiger partial charge in [-0.1, -0.05) is 11.3 Å². The summed E-state index contributed by atoms with van der Waals surface area (Å²) in [5, 5.41) is 10.1. The smallest absolute Gasteiger partial charge is 0.379 e. The van der Waals surface area contributed by atoms with E-state index in [9.17, 15) is 18.0 Å². The molecule has 6 nitrogen and oxygen atoms in total. The summed E-state index contributed by atoms with van der Waals surface area (Å²) in [6.07, 6.45) is -2.23. The van der Waals surface area contributed by atoms with Crippen molar-refractivity contribution in [2.75, 3.05) is 18.5 Å². The molecule has 1 saturated heterocycles. The molecule has 2 aromatic rings. The number of nitrogens with zero attached hydrogens (tertiary/aromatic N) is 3. The largest absolute Gasteiger partial charge is 0.416 e. The molecule has 1 aromatic carbocycles. The molecule has 1 amide bonds. The Hall–Kier alpha value is -2.42. The van der Waals surface area contributed by atoms with Crippen LogP contribution in [0.15, 0.2) is 24.4 Å². The fraction of sp³-hybridized carbons (Fsp3) is 0.400. The Labute approximate surface area is 135 Å². The van der Waals surface area contributed by atoms with Crippen LogP contribution in [-0.2, 0) is 10.9 Å². The molecule has 24 heavy (non-hydrogen) atoms. The molecule has 0 bridgehead atoms. The number of rotatable bonds is 3. The number of benzene rings is 1. The molecule has 0 unspecified atom stereocenters. The summed E-state index contributed by atoms with van der Waals surface area (Å²) in [4.78, 5) is 12.2. The van der Waals surface area contributed by atoms with Gasteiger partial charge in [-0.2, -0.15) is 13.2 Å². The van der Waals surface area contributed by atoms with Gasteiger partial charge in [0.05, 0.1) is 24.4 Å². The van der Waals surface area contributed by atoms with Crippen LogP contribution in [0.3, 0.4) is 0 Å². The Kier molecular flexibility index (Phi) is 4.27. The first-order chi connectivity index (χ1) is 11.3. The molecule has 1 aromatic heterocycles. The monoisotopic (exact) mass is 340 g/mol. The third-order valence-electron chi connectivity index (χ3n) is 3.84. The van der Waals surface area contributed by atoms with E-state index in [0.29, 0.717) is 18.8 Å². The lowest BCUT2D eigenvalue weighted by Crippen LogP contribution is -2.15. The van der Waals surface area contributed by atoms with E-state index in [2.05, 4.69) is 15.6 Å². The molecular weight excluding hydrogens is 325 g/mol. The van der Waals surface area contributed by atoms with Gasteiger partial charge in [-0.3, -0.25) is 4.79 Å². The third-order valence-corrected chi connectivity index (χ3v) is 3.84. The maximum Gasteiger partial charge on any atom is 0.416 e. The summed E-state index contributed by atoms with van der Waals surface area (Å²) in [6, 6.07) is 3.21. The zero-order valence-electron chi connectivity index (χ0n) is 12.8. The lowest BCUT2D eigenvalue weighted by Gasteiger charge is -2.11. The fourth-order valence-electron chi connectivity index (χ4n) is 2.41. The summed E-state index contributed by atoms with van der Waals surface area (Å²) < 4.78 is 45.1. The number of halogens is 3. The molecule has 0 spiro atoms. The van der Waals surface area contributed by atoms with E-state index >= 15 is 0 Å². The average Bonchev–Trinajstić information content (AvgIpc) is 3.19. The van der Waals surface area contributed by atoms with Crippen LogP contribution < -0.4 is 5.32 Å². The molecule has 9 heteroatoms. The average molecular weight is 340 g/mol. The number of amides is 1. The van der Waals surface area contributed by atoms with Crippen molar-refractivity contribution >= 4 is 11.6 Å². The van der Waals surface area contributed by atoms with Crippen LogP contribution in [0, 0.1) is 6.92 Å². The van der Waals surface area contributed by atoms with Gasteiger partial charge in [0.2, 0.25) is 0 Å². The first-order valence-corrected chi connectivity index (χ1v) is 7.33. The molecular formula is C15H15F3N4O2. The highest BCUT2D eigenvalue weighted by molar-refractivity contribution is 6.03. The summed E-state index contributed by atoms with van der Waals surface area (Å²) in [7, 11) is 0. The standard InChI is InChI=1S/C15H15F3N4O2/c1-9-2-3-10(15(16,17)18)6-12(9)19-14(23)13-7-22(21-20-13)11-4-5-24-8-11/h2-3,6-7,11H,4-5,8H2,1H3,(H,19,23)/t11-/m1/s1. The summed E-state index contributed by atoms with van der Waals surface area (Å²) >= 11 is 0. The van der Waals surface area contributed by atoms with Crippen LogP contribution >= 0.6 is 0 Å². The Morgan fingerprint density at radius 2 is 2.21 bits per heavy atom. The van der Waals surface area contributed by atoms with Crippen molar-refractivity contribution in [1.82, 2.24) is 15.0 Å². The maximum absolute atomic E-state index is 12.8. The van der Waals surface area contributed by atoms with Crippen molar-refractivity contribution < 1.29 is 22.7 Å². The van der Waals surface area contributed by atoms with Crippen molar-refractivity contribution in [1.29, 1.82) is 0 Å². The molecule has 2 heterocycles. The highest BCUT2D eigenvalue weighted by Gasteiger charge is 2.31. The molecule has 0 aliphatic carbocycles. The second-order valence-corrected chi connectivity index (χ2v) is 5.58. The minimum absolute atomic E-state index is 0.0225. The van der Waals surface area contributed by atoms with E-state index in [4.69, 9.17) is 4.74 Å². The Morgan fingerprint density at radius 1 is 1.42 bits per heavy atom. The van der Waals surface area contributed by atoms with Crippen molar-refractivity contribution in [2.45, 2.75) is 25.6 Å². The quantitative estimate of drug-likeness (QED) is 0.933. The van der Waals surface area contributed by atoms with Crippen LogP contribution in [0.25, 0.3) is 0 Å². The number of hydrogen-bond donors (Lipinski definition) is 1. The zero-order chi connectivity index (χ0) is 17.3. The predicted octanol–water partition coefficient (Wildman–Crippen LogP) is 2.82. The van der Waals surface area contributed by atoms with E-state index in [1.54, 1.807) is 11.6 Å². The van der Waals surface area contributed by atoms with Crippen LogP contribution in [-0.4, -0.2) is 34.1 Å². The van der Waals surface area contributed by atoms with E-state index in [-0.39, 0.29) is 17.4 Å². The molecule has 1 aliphatic rings. The lowest BCUT2D eigenvalue weighted by molar-refractivity contribution is -0.137. The first kappa shape index (κ1) is 16.4. The minimum Gasteiger partial charge on any atom is -0.379 e. The van der Waals surface area contributed by atoms with Gasteiger partial charge < -0.3 is 10.1 Å². The van der Waals surface area contributed by atoms with Gasteiger partial charge in [0, 0.05) is 12.3 Å². The van der Waals surface area contributed by atoms with Gasteiger partial charge in [-0.15, -0.1) is 5.10 Å². The van der Waals surface area contributed by atoms with Crippen molar-refractivity contribution in [2.24, 2.45) is 0 Å². The second kappa shape index (κ2) is 6.23. The molecule has 0 radical (unpaired) electrons. The zero-order valence-corrected chi connectivity index (χ0v) is 12.8. The summed E-state index contributed by atoms with van der Waals surface area (Å²) in [5.74, 6) is -0.609. The normalized spacial score (nSPS) is 17.9. The van der Waals surface area contributed by atoms with Gasteiger partial charge in [-0.25, -0.2) is 4.68 Å². The Balaban J connectivity index is 1.77. The number of aromatic nitrogens is 3. The third kappa shape index (κ3) is 3.40. The van der Waals surface area contributed by atoms with Gasteiger partial charge in [0.1, 0.15) is 0 Å². The van der Waals surface area contributed by atoms with E-state index in [1.807, 2.05) is 0 Å². The van der Waals surface area contributed by atoms with Crippen LogP contribution in [0.4, 0.5) is 18.9 Å². The molecule has 3 rings (SSSR count). The highest BCUT2D eigenvalue weighted by atomic mass is 19.4. The van der Waals surface area contributed by atoms with Gasteiger partial charge in [0.15, 0.2) is 5.69 Å². The summed E-state index contributed by atoms with van der Waals surface area (Å²) in [5.41, 5.74) is -0.171. The van der Waals surface area contributed by atoms with Crippen LogP contribution in [0.5, 0.6) is 0 Å². The molecule has 1 fully saturated rings. The number of aryl methyl sites for hydroxylation is 1. The summed E-state index contributed by atoms with van der Waals surface area (Å²) in [6.45, 7) is 2.73. The lowest BCUT2D eigenvalue weighted by atomic mass is 10.1. The minimum atomic E-state index is -4.47. The molecule has 1 aliphatic heterocycles. The SMILES string of the molecule is Cc1ccc(C(F)(F)F)cc1NC(=O)c1cn([C@@H]2CCOC2)nn1.